The Morgan fingerprint density at radius 2 is 1.63 bits per heavy atom. The summed E-state index contributed by atoms with van der Waals surface area (Å²) in [5, 5.41) is 11.4. The van der Waals surface area contributed by atoms with E-state index in [1.165, 1.54) is 12.0 Å². The van der Waals surface area contributed by atoms with Gasteiger partial charge in [-0.15, -0.1) is 0 Å². The van der Waals surface area contributed by atoms with Gasteiger partial charge in [0.1, 0.15) is 18.1 Å². The highest BCUT2D eigenvalue weighted by Crippen LogP contribution is 2.40. The molecule has 0 bridgehead atoms. The number of hydrogen-bond donors (Lipinski definition) is 1. The summed E-state index contributed by atoms with van der Waals surface area (Å²) in [5.41, 5.74) is 4.09. The molecule has 8 nitrogen and oxygen atoms in total. The van der Waals surface area contributed by atoms with Crippen LogP contribution in [0.1, 0.15) is 44.2 Å². The number of nitrogens with zero attached hydrogens (tertiary/aromatic N) is 2. The number of carbonyl (C=O) groups excluding carboxylic acids is 3. The molecule has 0 spiro atoms. The van der Waals surface area contributed by atoms with E-state index in [0.29, 0.717) is 29.0 Å². The topological polar surface area (TPSA) is 106 Å². The van der Waals surface area contributed by atoms with E-state index in [9.17, 15) is 19.5 Å². The average molecular weight is 549 g/mol. The van der Waals surface area contributed by atoms with Crippen LogP contribution in [0.15, 0.2) is 103 Å². The predicted octanol–water partition coefficient (Wildman–Crippen LogP) is 5.38. The number of hydrogen-bond acceptors (Lipinski definition) is 7. The lowest BCUT2D eigenvalue weighted by atomic mass is 9.94. The standard InChI is InChI=1S/C33H28N2O6/c1-21-5-3-6-22(17-21)20-41-27-14-12-25(13-15-27)30(36)28-29(24-8-10-26(11-9-24)33(39)40-2)35(32(38)31(28)37)19-23-7-4-16-34-18-23/h3-18,29,36H,19-20H2,1-2H3/b30-28-. The summed E-state index contributed by atoms with van der Waals surface area (Å²) in [7, 11) is 1.29. The molecule has 0 radical (unpaired) electrons. The van der Waals surface area contributed by atoms with Crippen molar-refractivity contribution in [2.24, 2.45) is 0 Å². The number of benzene rings is 3. The lowest BCUT2D eigenvalue weighted by molar-refractivity contribution is -0.140. The van der Waals surface area contributed by atoms with E-state index in [2.05, 4.69) is 4.98 Å². The minimum Gasteiger partial charge on any atom is -0.507 e. The van der Waals surface area contributed by atoms with Gasteiger partial charge in [0.2, 0.25) is 0 Å². The molecule has 1 aromatic heterocycles. The van der Waals surface area contributed by atoms with Gasteiger partial charge in [0.15, 0.2) is 0 Å². The van der Waals surface area contributed by atoms with E-state index in [1.54, 1.807) is 73.1 Å². The highest BCUT2D eigenvalue weighted by atomic mass is 16.5. The molecule has 4 aromatic rings. The third kappa shape index (κ3) is 5.86. The molecule has 0 aliphatic carbocycles. The Morgan fingerprint density at radius 1 is 0.927 bits per heavy atom. The van der Waals surface area contributed by atoms with Crippen LogP contribution in [0.3, 0.4) is 0 Å². The van der Waals surface area contributed by atoms with Gasteiger partial charge in [0.25, 0.3) is 11.7 Å². The SMILES string of the molecule is COC(=O)c1ccc(C2/C(=C(/O)c3ccc(OCc4cccc(C)c4)cc3)C(=O)C(=O)N2Cc2cccnc2)cc1. The van der Waals surface area contributed by atoms with Crippen molar-refractivity contribution in [3.8, 4) is 5.75 Å². The molecular weight excluding hydrogens is 520 g/mol. The third-order valence-corrected chi connectivity index (χ3v) is 6.88. The van der Waals surface area contributed by atoms with Crippen LogP contribution in [0.25, 0.3) is 5.76 Å². The number of amides is 1. The molecule has 8 heteroatoms. The van der Waals surface area contributed by atoms with Crippen LogP contribution in [0.2, 0.25) is 0 Å². The number of esters is 1. The zero-order chi connectivity index (χ0) is 28.9. The summed E-state index contributed by atoms with van der Waals surface area (Å²) >= 11 is 0. The number of methoxy groups -OCH3 is 1. The fourth-order valence-corrected chi connectivity index (χ4v) is 4.83. The van der Waals surface area contributed by atoms with Gasteiger partial charge < -0.3 is 19.5 Å². The number of aliphatic hydroxyl groups is 1. The van der Waals surface area contributed by atoms with Crippen molar-refractivity contribution in [1.29, 1.82) is 0 Å². The highest BCUT2D eigenvalue weighted by molar-refractivity contribution is 6.46. The molecule has 1 fully saturated rings. The van der Waals surface area contributed by atoms with Gasteiger partial charge in [0.05, 0.1) is 24.3 Å². The zero-order valence-corrected chi connectivity index (χ0v) is 22.6. The zero-order valence-electron chi connectivity index (χ0n) is 22.6. The lowest BCUT2D eigenvalue weighted by Crippen LogP contribution is -2.29. The van der Waals surface area contributed by atoms with Crippen molar-refractivity contribution in [3.63, 3.8) is 0 Å². The monoisotopic (exact) mass is 548 g/mol. The number of carbonyl (C=O) groups is 3. The summed E-state index contributed by atoms with van der Waals surface area (Å²) in [6.45, 7) is 2.50. The number of aromatic nitrogens is 1. The summed E-state index contributed by atoms with van der Waals surface area (Å²) in [5.74, 6) is -1.76. The minimum absolute atomic E-state index is 0.0434. The summed E-state index contributed by atoms with van der Waals surface area (Å²) < 4.78 is 10.7. The van der Waals surface area contributed by atoms with E-state index in [1.807, 2.05) is 31.2 Å². The molecule has 1 aliphatic heterocycles. The van der Waals surface area contributed by atoms with Gasteiger partial charge in [-0.1, -0.05) is 48.0 Å². The van der Waals surface area contributed by atoms with Crippen LogP contribution >= 0.6 is 0 Å². The number of aryl methyl sites for hydroxylation is 1. The average Bonchev–Trinajstić information content (AvgIpc) is 3.25. The molecule has 3 aromatic carbocycles. The van der Waals surface area contributed by atoms with Crippen LogP contribution in [-0.4, -0.2) is 39.8 Å². The quantitative estimate of drug-likeness (QED) is 0.136. The molecule has 0 saturated carbocycles. The van der Waals surface area contributed by atoms with E-state index < -0.39 is 23.7 Å². The summed E-state index contributed by atoms with van der Waals surface area (Å²) in [4.78, 5) is 44.1. The van der Waals surface area contributed by atoms with Crippen LogP contribution in [0, 0.1) is 6.92 Å². The van der Waals surface area contributed by atoms with E-state index in [4.69, 9.17) is 9.47 Å². The predicted molar refractivity (Wildman–Crippen MR) is 152 cm³/mol. The molecule has 1 amide bonds. The normalized spacial score (nSPS) is 16.0. The fraction of sp³-hybridized carbons (Fsp3) is 0.152. The Hall–Kier alpha value is -5.24. The maximum Gasteiger partial charge on any atom is 0.337 e. The number of rotatable bonds is 8. The maximum atomic E-state index is 13.4. The van der Waals surface area contributed by atoms with E-state index in [-0.39, 0.29) is 17.9 Å². The van der Waals surface area contributed by atoms with Crippen molar-refractivity contribution in [3.05, 3.63) is 136 Å². The van der Waals surface area contributed by atoms with Crippen molar-refractivity contribution in [2.45, 2.75) is 26.1 Å². The van der Waals surface area contributed by atoms with Crippen molar-refractivity contribution in [2.75, 3.05) is 7.11 Å². The fourth-order valence-electron chi connectivity index (χ4n) is 4.83. The van der Waals surface area contributed by atoms with Crippen LogP contribution in [0.5, 0.6) is 5.75 Å². The second kappa shape index (κ2) is 11.9. The Balaban J connectivity index is 1.48. The van der Waals surface area contributed by atoms with Crippen molar-refractivity contribution < 1.29 is 29.0 Å². The van der Waals surface area contributed by atoms with Gasteiger partial charge in [0, 0.05) is 24.5 Å². The van der Waals surface area contributed by atoms with Crippen molar-refractivity contribution in [1.82, 2.24) is 9.88 Å². The molecule has 1 saturated heterocycles. The Bertz CT molecular complexity index is 1610. The van der Waals surface area contributed by atoms with Crippen LogP contribution in [-0.2, 0) is 27.5 Å². The van der Waals surface area contributed by atoms with Gasteiger partial charge >= 0.3 is 5.97 Å². The Morgan fingerprint density at radius 3 is 2.29 bits per heavy atom. The molecule has 1 aliphatic rings. The molecule has 1 atom stereocenters. The first kappa shape index (κ1) is 27.3. The number of likely N-dealkylation sites (tertiary alicyclic amines) is 1. The van der Waals surface area contributed by atoms with E-state index in [0.717, 1.165) is 16.7 Å². The largest absolute Gasteiger partial charge is 0.507 e. The van der Waals surface area contributed by atoms with Gasteiger partial charge in [-0.25, -0.2) is 4.79 Å². The van der Waals surface area contributed by atoms with Gasteiger partial charge in [-0.05, 0) is 66.1 Å². The molecule has 1 N–H and O–H groups in total. The van der Waals surface area contributed by atoms with Gasteiger partial charge in [-0.3, -0.25) is 14.6 Å². The number of aliphatic hydroxyl groups excluding tert-OH is 1. The molecule has 41 heavy (non-hydrogen) atoms. The van der Waals surface area contributed by atoms with E-state index >= 15 is 0 Å². The first-order valence-corrected chi connectivity index (χ1v) is 13.0. The number of Topliss-reactive ketones (excluding diaryl/α,β-unsaturated/α-hetero) is 1. The second-order valence-corrected chi connectivity index (χ2v) is 9.70. The molecular formula is C33H28N2O6. The molecule has 1 unspecified atom stereocenters. The summed E-state index contributed by atoms with van der Waals surface area (Å²) in [6.07, 6.45) is 3.24. The Kier molecular flexibility index (Phi) is 7.92. The van der Waals surface area contributed by atoms with Gasteiger partial charge in [-0.2, -0.15) is 0 Å². The maximum absolute atomic E-state index is 13.4. The molecule has 206 valence electrons. The number of pyridine rings is 1. The lowest BCUT2D eigenvalue weighted by Gasteiger charge is -2.25. The van der Waals surface area contributed by atoms with Crippen LogP contribution in [0.4, 0.5) is 0 Å². The van der Waals surface area contributed by atoms with Crippen LogP contribution < -0.4 is 4.74 Å². The first-order valence-electron chi connectivity index (χ1n) is 13.0. The summed E-state index contributed by atoms with van der Waals surface area (Å²) in [6, 6.07) is 23.8. The minimum atomic E-state index is -0.890. The third-order valence-electron chi connectivity index (χ3n) is 6.88. The van der Waals surface area contributed by atoms with Crippen molar-refractivity contribution >= 4 is 23.4 Å². The molecule has 5 rings (SSSR count). The second-order valence-electron chi connectivity index (χ2n) is 9.70. The first-order chi connectivity index (χ1) is 19.9. The number of ketones is 1. The smallest absolute Gasteiger partial charge is 0.337 e. The number of ether oxygens (including phenoxy) is 2. The Labute approximate surface area is 237 Å². The molecule has 2 heterocycles. The highest BCUT2D eigenvalue weighted by Gasteiger charge is 2.46.